The average Bonchev–Trinajstić information content (AvgIpc) is 2.30. The molecule has 2 rings (SSSR count). The minimum Gasteiger partial charge on any atom is -0.378 e. The molecule has 0 radical (unpaired) electrons. The Morgan fingerprint density at radius 2 is 2.29 bits per heavy atom. The fraction of sp³-hybridized carbons (Fsp3) is 0.818. The number of morpholine rings is 1. The molecule has 0 saturated carbocycles. The summed E-state index contributed by atoms with van der Waals surface area (Å²) in [5, 5.41) is 3.30. The van der Waals surface area contributed by atoms with Gasteiger partial charge in [0.2, 0.25) is 0 Å². The molecule has 1 N–H and O–H groups in total. The van der Waals surface area contributed by atoms with E-state index >= 15 is 0 Å². The summed E-state index contributed by atoms with van der Waals surface area (Å²) in [5.41, 5.74) is -0.387. The van der Waals surface area contributed by atoms with E-state index < -0.39 is 6.18 Å². The fourth-order valence-corrected chi connectivity index (χ4v) is 2.18. The second-order valence-electron chi connectivity index (χ2n) is 4.46. The predicted octanol–water partition coefficient (Wildman–Crippen LogP) is 1.17. The molecule has 0 aromatic heterocycles. The normalized spacial score (nSPS) is 27.9. The highest BCUT2D eigenvalue weighted by molar-refractivity contribution is 5.13. The van der Waals surface area contributed by atoms with Crippen molar-refractivity contribution in [2.45, 2.75) is 18.6 Å². The van der Waals surface area contributed by atoms with E-state index in [-0.39, 0.29) is 18.0 Å². The third kappa shape index (κ3) is 3.69. The largest absolute Gasteiger partial charge is 0.412 e. The van der Waals surface area contributed by atoms with Crippen LogP contribution in [0.15, 0.2) is 11.6 Å². The smallest absolute Gasteiger partial charge is 0.378 e. The lowest BCUT2D eigenvalue weighted by Gasteiger charge is -2.32. The monoisotopic (exact) mass is 250 g/mol. The van der Waals surface area contributed by atoms with Crippen molar-refractivity contribution in [2.24, 2.45) is 0 Å². The SMILES string of the molecule is FC(F)(F)C1=CCN(CC2COCCN2)CC1. The molecule has 2 aliphatic rings. The van der Waals surface area contributed by atoms with Crippen LogP contribution in [0.25, 0.3) is 0 Å². The highest BCUT2D eigenvalue weighted by atomic mass is 19.4. The van der Waals surface area contributed by atoms with Crippen LogP contribution in [-0.2, 0) is 4.74 Å². The second-order valence-corrected chi connectivity index (χ2v) is 4.46. The zero-order valence-corrected chi connectivity index (χ0v) is 9.59. The first-order chi connectivity index (χ1) is 8.05. The molecule has 3 nitrogen and oxygen atoms in total. The summed E-state index contributed by atoms with van der Waals surface area (Å²) >= 11 is 0. The van der Waals surface area contributed by atoms with Gasteiger partial charge in [-0.05, 0) is 6.42 Å². The number of nitrogens with one attached hydrogen (secondary N) is 1. The van der Waals surface area contributed by atoms with E-state index in [1.807, 2.05) is 4.90 Å². The molecule has 0 aromatic rings. The number of alkyl halides is 3. The van der Waals surface area contributed by atoms with Crippen LogP contribution < -0.4 is 5.32 Å². The first-order valence-electron chi connectivity index (χ1n) is 5.85. The summed E-state index contributed by atoms with van der Waals surface area (Å²) in [6, 6.07) is 0.240. The lowest BCUT2D eigenvalue weighted by Crippen LogP contribution is -2.49. The van der Waals surface area contributed by atoms with Gasteiger partial charge in [-0.3, -0.25) is 4.90 Å². The van der Waals surface area contributed by atoms with Gasteiger partial charge in [0.05, 0.1) is 13.2 Å². The molecule has 98 valence electrons. The summed E-state index contributed by atoms with van der Waals surface area (Å²) in [6.45, 7) is 3.79. The van der Waals surface area contributed by atoms with Crippen molar-refractivity contribution < 1.29 is 17.9 Å². The van der Waals surface area contributed by atoms with E-state index in [1.54, 1.807) is 0 Å². The number of hydrogen-bond acceptors (Lipinski definition) is 3. The molecule has 2 aliphatic heterocycles. The van der Waals surface area contributed by atoms with Gasteiger partial charge in [0.15, 0.2) is 0 Å². The Hall–Kier alpha value is -0.590. The van der Waals surface area contributed by atoms with Crippen LogP contribution in [0.1, 0.15) is 6.42 Å². The van der Waals surface area contributed by atoms with Gasteiger partial charge in [0.25, 0.3) is 0 Å². The van der Waals surface area contributed by atoms with E-state index in [1.165, 1.54) is 6.08 Å². The highest BCUT2D eigenvalue weighted by Gasteiger charge is 2.34. The van der Waals surface area contributed by atoms with Gasteiger partial charge < -0.3 is 10.1 Å². The molecule has 0 aromatic carbocycles. The summed E-state index contributed by atoms with van der Waals surface area (Å²) in [4.78, 5) is 2.03. The third-order valence-electron chi connectivity index (χ3n) is 3.13. The van der Waals surface area contributed by atoms with E-state index in [4.69, 9.17) is 4.74 Å². The van der Waals surface area contributed by atoms with Gasteiger partial charge in [0.1, 0.15) is 0 Å². The molecule has 0 aliphatic carbocycles. The van der Waals surface area contributed by atoms with Crippen molar-refractivity contribution in [3.8, 4) is 0 Å². The van der Waals surface area contributed by atoms with Gasteiger partial charge in [-0.25, -0.2) is 0 Å². The molecule has 0 spiro atoms. The molecule has 6 heteroatoms. The van der Waals surface area contributed by atoms with Crippen molar-refractivity contribution in [3.63, 3.8) is 0 Å². The Kier molecular flexibility index (Phi) is 4.06. The van der Waals surface area contributed by atoms with E-state index in [0.29, 0.717) is 26.3 Å². The van der Waals surface area contributed by atoms with Crippen molar-refractivity contribution in [1.82, 2.24) is 10.2 Å². The maximum Gasteiger partial charge on any atom is 0.412 e. The molecule has 0 bridgehead atoms. The van der Waals surface area contributed by atoms with Crippen LogP contribution in [0.2, 0.25) is 0 Å². The quantitative estimate of drug-likeness (QED) is 0.745. The zero-order valence-electron chi connectivity index (χ0n) is 9.59. The molecule has 2 heterocycles. The Bertz CT molecular complexity index is 285. The van der Waals surface area contributed by atoms with Gasteiger partial charge in [-0.15, -0.1) is 0 Å². The minimum absolute atomic E-state index is 0.0943. The number of halogens is 3. The Morgan fingerprint density at radius 1 is 1.47 bits per heavy atom. The molecule has 1 unspecified atom stereocenters. The first kappa shape index (κ1) is 12.9. The Labute approximate surface area is 98.6 Å². The van der Waals surface area contributed by atoms with Crippen LogP contribution in [0.4, 0.5) is 13.2 Å². The van der Waals surface area contributed by atoms with Crippen LogP contribution in [0.3, 0.4) is 0 Å². The summed E-state index contributed by atoms with van der Waals surface area (Å²) in [5.74, 6) is 0. The number of ether oxygens (including phenoxy) is 1. The molecule has 17 heavy (non-hydrogen) atoms. The molecule has 1 fully saturated rings. The Morgan fingerprint density at radius 3 is 2.82 bits per heavy atom. The number of nitrogens with zero attached hydrogens (tertiary/aromatic N) is 1. The number of hydrogen-bond donors (Lipinski definition) is 1. The van der Waals surface area contributed by atoms with E-state index in [2.05, 4.69) is 5.32 Å². The van der Waals surface area contributed by atoms with E-state index in [0.717, 1.165) is 13.1 Å². The first-order valence-corrected chi connectivity index (χ1v) is 5.85. The third-order valence-corrected chi connectivity index (χ3v) is 3.13. The molecule has 1 saturated heterocycles. The van der Waals surface area contributed by atoms with E-state index in [9.17, 15) is 13.2 Å². The lowest BCUT2D eigenvalue weighted by molar-refractivity contribution is -0.0961. The van der Waals surface area contributed by atoms with Gasteiger partial charge in [-0.2, -0.15) is 13.2 Å². The van der Waals surface area contributed by atoms with Gasteiger partial charge >= 0.3 is 6.18 Å². The van der Waals surface area contributed by atoms with Gasteiger partial charge in [-0.1, -0.05) is 6.08 Å². The molecule has 0 amide bonds. The maximum atomic E-state index is 12.4. The lowest BCUT2D eigenvalue weighted by atomic mass is 10.1. The number of rotatable bonds is 2. The second kappa shape index (κ2) is 5.37. The summed E-state index contributed by atoms with van der Waals surface area (Å²) < 4.78 is 42.5. The maximum absolute atomic E-state index is 12.4. The Balaban J connectivity index is 1.80. The molecule has 1 atom stereocenters. The molecular weight excluding hydrogens is 233 g/mol. The minimum atomic E-state index is -4.15. The van der Waals surface area contributed by atoms with Crippen molar-refractivity contribution in [2.75, 3.05) is 39.4 Å². The van der Waals surface area contributed by atoms with Crippen LogP contribution in [0.5, 0.6) is 0 Å². The predicted molar refractivity (Wildman–Crippen MR) is 57.8 cm³/mol. The summed E-state index contributed by atoms with van der Waals surface area (Å²) in [7, 11) is 0. The van der Waals surface area contributed by atoms with Crippen LogP contribution >= 0.6 is 0 Å². The van der Waals surface area contributed by atoms with Crippen molar-refractivity contribution >= 4 is 0 Å². The van der Waals surface area contributed by atoms with Crippen molar-refractivity contribution in [1.29, 1.82) is 0 Å². The topological polar surface area (TPSA) is 24.5 Å². The molecular formula is C11H17F3N2O. The van der Waals surface area contributed by atoms with Crippen LogP contribution in [-0.4, -0.2) is 56.5 Å². The summed E-state index contributed by atoms with van der Waals surface area (Å²) in [6.07, 6.45) is -2.76. The zero-order chi connectivity index (χ0) is 12.3. The highest BCUT2D eigenvalue weighted by Crippen LogP contribution is 2.30. The van der Waals surface area contributed by atoms with Crippen LogP contribution in [0, 0.1) is 0 Å². The van der Waals surface area contributed by atoms with Gasteiger partial charge in [0, 0.05) is 37.8 Å². The fourth-order valence-electron chi connectivity index (χ4n) is 2.18. The average molecular weight is 250 g/mol. The standard InChI is InChI=1S/C11H17F3N2O/c12-11(13,14)9-1-4-16(5-2-9)7-10-8-17-6-3-15-10/h1,10,15H,2-8H2. The van der Waals surface area contributed by atoms with Crippen molar-refractivity contribution in [3.05, 3.63) is 11.6 Å².